The molecule has 2 rings (SSSR count). The number of aryl methyl sites for hydroxylation is 2. The summed E-state index contributed by atoms with van der Waals surface area (Å²) in [5, 5.41) is 0. The summed E-state index contributed by atoms with van der Waals surface area (Å²) in [6.45, 7) is 8.82. The van der Waals surface area contributed by atoms with E-state index in [9.17, 15) is 0 Å². The van der Waals surface area contributed by atoms with E-state index in [0.717, 1.165) is 6.42 Å². The Bertz CT molecular complexity index is 575. The lowest BCUT2D eigenvalue weighted by molar-refractivity contribution is 0.775. The van der Waals surface area contributed by atoms with E-state index in [1.54, 1.807) is 0 Å². The minimum Gasteiger partial charge on any atom is -0.141 e. The van der Waals surface area contributed by atoms with Gasteiger partial charge >= 0.3 is 0 Å². The molecular formula is C18H22S. The van der Waals surface area contributed by atoms with Crippen molar-refractivity contribution in [2.45, 2.75) is 40.0 Å². The van der Waals surface area contributed by atoms with Crippen molar-refractivity contribution in [3.05, 3.63) is 58.5 Å². The van der Waals surface area contributed by atoms with Crippen molar-refractivity contribution < 1.29 is 0 Å². The lowest BCUT2D eigenvalue weighted by Gasteiger charge is -2.17. The molecule has 1 heterocycles. The van der Waals surface area contributed by atoms with Crippen LogP contribution >= 0.6 is 11.3 Å². The Morgan fingerprint density at radius 1 is 1.16 bits per heavy atom. The molecule has 0 aliphatic carbocycles. The van der Waals surface area contributed by atoms with Gasteiger partial charge in [-0.3, -0.25) is 0 Å². The van der Waals surface area contributed by atoms with Crippen LogP contribution in [0.3, 0.4) is 0 Å². The van der Waals surface area contributed by atoms with Gasteiger partial charge in [-0.05, 0) is 61.9 Å². The topological polar surface area (TPSA) is 0 Å². The maximum absolute atomic E-state index is 2.33. The number of hydrogen-bond donors (Lipinski definition) is 0. The summed E-state index contributed by atoms with van der Waals surface area (Å²) in [6, 6.07) is 11.1. The zero-order valence-electron chi connectivity index (χ0n) is 12.2. The molecule has 1 aromatic heterocycles. The highest BCUT2D eigenvalue weighted by Crippen LogP contribution is 2.36. The predicted octanol–water partition coefficient (Wildman–Crippen LogP) is 6.10. The van der Waals surface area contributed by atoms with Crippen LogP contribution in [0.1, 0.15) is 42.2 Å². The molecule has 1 aromatic carbocycles. The Morgan fingerprint density at radius 2 is 1.95 bits per heavy atom. The highest BCUT2D eigenvalue weighted by molar-refractivity contribution is 7.15. The van der Waals surface area contributed by atoms with Gasteiger partial charge in [0.25, 0.3) is 0 Å². The van der Waals surface area contributed by atoms with Crippen LogP contribution < -0.4 is 0 Å². The molecule has 0 saturated heterocycles. The standard InChI is InChI=1S/C18H22S/c1-5-6-8-13(2)18-14(3)9-7-10-16(18)17-12-11-15(4)19-17/h5-7,9-13H,8H2,1-4H3/b6-5-. The van der Waals surface area contributed by atoms with Crippen LogP contribution in [-0.2, 0) is 0 Å². The lowest BCUT2D eigenvalue weighted by atomic mass is 9.88. The molecule has 0 aliphatic rings. The summed E-state index contributed by atoms with van der Waals surface area (Å²) < 4.78 is 0. The first-order valence-corrected chi connectivity index (χ1v) is 7.72. The average Bonchev–Trinajstić information content (AvgIpc) is 2.82. The van der Waals surface area contributed by atoms with Gasteiger partial charge < -0.3 is 0 Å². The Balaban J connectivity index is 2.46. The van der Waals surface area contributed by atoms with E-state index >= 15 is 0 Å². The zero-order chi connectivity index (χ0) is 13.8. The van der Waals surface area contributed by atoms with Crippen LogP contribution in [-0.4, -0.2) is 0 Å². The molecule has 1 heteroatoms. The number of allylic oxidation sites excluding steroid dienone is 2. The molecule has 0 N–H and O–H groups in total. The molecule has 0 radical (unpaired) electrons. The van der Waals surface area contributed by atoms with Gasteiger partial charge in [-0.25, -0.2) is 0 Å². The van der Waals surface area contributed by atoms with E-state index in [1.807, 2.05) is 11.3 Å². The lowest BCUT2D eigenvalue weighted by Crippen LogP contribution is -1.98. The first-order valence-electron chi connectivity index (χ1n) is 6.91. The van der Waals surface area contributed by atoms with Gasteiger partial charge in [-0.2, -0.15) is 0 Å². The third-order valence-corrected chi connectivity index (χ3v) is 4.58. The molecule has 100 valence electrons. The van der Waals surface area contributed by atoms with Gasteiger partial charge in [0.2, 0.25) is 0 Å². The summed E-state index contributed by atoms with van der Waals surface area (Å²) in [5.74, 6) is 0.565. The Morgan fingerprint density at radius 3 is 2.58 bits per heavy atom. The van der Waals surface area contributed by atoms with Crippen LogP contribution in [0.5, 0.6) is 0 Å². The first kappa shape index (κ1) is 14.1. The second kappa shape index (κ2) is 6.21. The number of thiophene rings is 1. The molecule has 1 unspecified atom stereocenters. The minimum absolute atomic E-state index is 0.565. The Labute approximate surface area is 120 Å². The zero-order valence-corrected chi connectivity index (χ0v) is 13.1. The van der Waals surface area contributed by atoms with Crippen LogP contribution in [0, 0.1) is 13.8 Å². The van der Waals surface area contributed by atoms with E-state index in [0.29, 0.717) is 5.92 Å². The molecule has 0 nitrogen and oxygen atoms in total. The molecule has 1 atom stereocenters. The maximum atomic E-state index is 2.33. The van der Waals surface area contributed by atoms with Crippen molar-refractivity contribution in [2.24, 2.45) is 0 Å². The molecular weight excluding hydrogens is 248 g/mol. The third kappa shape index (κ3) is 3.16. The Kier molecular flexibility index (Phi) is 4.60. The summed E-state index contributed by atoms with van der Waals surface area (Å²) >= 11 is 1.89. The van der Waals surface area contributed by atoms with E-state index in [2.05, 4.69) is 70.2 Å². The van der Waals surface area contributed by atoms with Gasteiger partial charge in [-0.15, -0.1) is 11.3 Å². The van der Waals surface area contributed by atoms with Crippen molar-refractivity contribution >= 4 is 11.3 Å². The molecule has 19 heavy (non-hydrogen) atoms. The summed E-state index contributed by atoms with van der Waals surface area (Å²) in [4.78, 5) is 2.77. The van der Waals surface area contributed by atoms with E-state index in [-0.39, 0.29) is 0 Å². The second-order valence-electron chi connectivity index (χ2n) is 5.15. The first-order chi connectivity index (χ1) is 9.13. The Hall–Kier alpha value is -1.34. The van der Waals surface area contributed by atoms with E-state index in [4.69, 9.17) is 0 Å². The molecule has 0 saturated carbocycles. The second-order valence-corrected chi connectivity index (χ2v) is 6.44. The SMILES string of the molecule is C/C=C\CC(C)c1c(C)cccc1-c1ccc(C)s1. The number of hydrogen-bond acceptors (Lipinski definition) is 1. The van der Waals surface area contributed by atoms with Crippen molar-refractivity contribution in [2.75, 3.05) is 0 Å². The molecule has 0 spiro atoms. The van der Waals surface area contributed by atoms with Crippen molar-refractivity contribution in [1.29, 1.82) is 0 Å². The van der Waals surface area contributed by atoms with Gasteiger partial charge in [0.05, 0.1) is 0 Å². The monoisotopic (exact) mass is 270 g/mol. The summed E-state index contributed by atoms with van der Waals surface area (Å²) in [6.07, 6.45) is 5.52. The summed E-state index contributed by atoms with van der Waals surface area (Å²) in [5.41, 5.74) is 4.32. The molecule has 0 aliphatic heterocycles. The highest BCUT2D eigenvalue weighted by atomic mass is 32.1. The van der Waals surface area contributed by atoms with Crippen LogP contribution in [0.15, 0.2) is 42.5 Å². The smallest absolute Gasteiger partial charge is 0.0348 e. The fraction of sp³-hybridized carbons (Fsp3) is 0.333. The van der Waals surface area contributed by atoms with Crippen LogP contribution in [0.2, 0.25) is 0 Å². The largest absolute Gasteiger partial charge is 0.141 e. The fourth-order valence-electron chi connectivity index (χ4n) is 2.59. The fourth-order valence-corrected chi connectivity index (χ4v) is 3.49. The van der Waals surface area contributed by atoms with Crippen molar-refractivity contribution in [3.8, 4) is 10.4 Å². The van der Waals surface area contributed by atoms with Gasteiger partial charge in [0.1, 0.15) is 0 Å². The van der Waals surface area contributed by atoms with Gasteiger partial charge in [0, 0.05) is 9.75 Å². The third-order valence-electron chi connectivity index (χ3n) is 3.55. The summed E-state index contributed by atoms with van der Waals surface area (Å²) in [7, 11) is 0. The predicted molar refractivity (Wildman–Crippen MR) is 87.1 cm³/mol. The minimum atomic E-state index is 0.565. The van der Waals surface area contributed by atoms with Crippen molar-refractivity contribution in [1.82, 2.24) is 0 Å². The molecule has 0 bridgehead atoms. The van der Waals surface area contributed by atoms with E-state index < -0.39 is 0 Å². The molecule has 0 fully saturated rings. The van der Waals surface area contributed by atoms with Gasteiger partial charge in [0.15, 0.2) is 0 Å². The van der Waals surface area contributed by atoms with Crippen LogP contribution in [0.4, 0.5) is 0 Å². The average molecular weight is 270 g/mol. The quantitative estimate of drug-likeness (QED) is 0.589. The molecule has 2 aromatic rings. The highest BCUT2D eigenvalue weighted by Gasteiger charge is 2.14. The van der Waals surface area contributed by atoms with E-state index in [1.165, 1.54) is 26.4 Å². The normalized spacial score (nSPS) is 13.1. The van der Waals surface area contributed by atoms with Crippen molar-refractivity contribution in [3.63, 3.8) is 0 Å². The number of rotatable bonds is 4. The van der Waals surface area contributed by atoms with Crippen LogP contribution in [0.25, 0.3) is 10.4 Å². The van der Waals surface area contributed by atoms with Gasteiger partial charge in [-0.1, -0.05) is 37.3 Å². The maximum Gasteiger partial charge on any atom is 0.0348 e. The molecule has 0 amide bonds. The number of benzene rings is 1.